The number of benzene rings is 8. The van der Waals surface area contributed by atoms with Crippen molar-refractivity contribution in [1.29, 1.82) is 0 Å². The number of aromatic nitrogens is 12. The predicted octanol–water partition coefficient (Wildman–Crippen LogP) is 16.3. The number of fused-ring (bicyclic) bond motifs is 8. The van der Waals surface area contributed by atoms with E-state index in [2.05, 4.69) is 96.4 Å². The summed E-state index contributed by atoms with van der Waals surface area (Å²) in [7, 11) is 0. The summed E-state index contributed by atoms with van der Waals surface area (Å²) < 4.78 is 53.1. The normalized spacial score (nSPS) is 13.8. The molecule has 16 aromatic rings. The van der Waals surface area contributed by atoms with E-state index < -0.39 is 0 Å². The van der Waals surface area contributed by atoms with Crippen molar-refractivity contribution in [2.45, 2.75) is 92.4 Å². The van der Waals surface area contributed by atoms with Crippen LogP contribution in [0.15, 0.2) is 243 Å². The van der Waals surface area contributed by atoms with Gasteiger partial charge in [-0.2, -0.15) is 20.4 Å². The summed E-state index contributed by atoms with van der Waals surface area (Å²) in [5.41, 5.74) is 25.0. The highest BCUT2D eigenvalue weighted by molar-refractivity contribution is 5.93. The summed E-state index contributed by atoms with van der Waals surface area (Å²) in [6, 6.07) is 80.3. The fraction of sp³-hybridized carbons (Fsp3) is 0.306. The molecule has 1 atom stereocenters. The van der Waals surface area contributed by atoms with Crippen molar-refractivity contribution in [2.24, 2.45) is 11.7 Å². The quantitative estimate of drug-likeness (QED) is 0.0392. The minimum Gasteiger partial charge on any atom is -0.486 e. The van der Waals surface area contributed by atoms with Crippen LogP contribution in [0.25, 0.3) is 67.6 Å². The molecule has 1 unspecified atom stereocenters. The van der Waals surface area contributed by atoms with E-state index in [0.717, 1.165) is 210 Å². The number of piperidine rings is 1. The van der Waals surface area contributed by atoms with Crippen molar-refractivity contribution >= 4 is 51.6 Å². The summed E-state index contributed by atoms with van der Waals surface area (Å²) in [6.45, 7) is 22.5. The molecule has 8 aromatic carbocycles. The van der Waals surface area contributed by atoms with Gasteiger partial charge in [0.15, 0.2) is 97.7 Å². The van der Waals surface area contributed by atoms with Crippen molar-refractivity contribution in [2.75, 3.05) is 129 Å². The van der Waals surface area contributed by atoms with E-state index in [-0.39, 0.29) is 17.6 Å². The van der Waals surface area contributed by atoms with Gasteiger partial charge in [0.2, 0.25) is 11.8 Å². The summed E-state index contributed by atoms with van der Waals surface area (Å²) in [5.74, 6) is 9.81. The molecule has 1 saturated heterocycles. The fourth-order valence-corrected chi connectivity index (χ4v) is 17.4. The van der Waals surface area contributed by atoms with Crippen molar-refractivity contribution in [3.63, 3.8) is 0 Å². The Hall–Kier alpha value is -14.9. The number of amides is 2. The van der Waals surface area contributed by atoms with Gasteiger partial charge >= 0.3 is 0 Å². The van der Waals surface area contributed by atoms with Gasteiger partial charge in [0, 0.05) is 65.7 Å². The van der Waals surface area contributed by atoms with Crippen molar-refractivity contribution in [1.82, 2.24) is 73.1 Å². The number of ether oxygens (including phenoxy) is 8. The lowest BCUT2D eigenvalue weighted by Crippen LogP contribution is -2.36. The van der Waals surface area contributed by atoms with Crippen LogP contribution < -0.4 is 54.3 Å². The minimum absolute atomic E-state index is 0.0132. The molecule has 702 valence electrons. The van der Waals surface area contributed by atoms with E-state index in [4.69, 9.17) is 84.0 Å². The molecule has 0 spiro atoms. The van der Waals surface area contributed by atoms with Crippen LogP contribution in [0.3, 0.4) is 0 Å². The second kappa shape index (κ2) is 44.1. The molecule has 8 aromatic heterocycles. The Morgan fingerprint density at radius 2 is 0.672 bits per heavy atom. The maximum absolute atomic E-state index is 12.5. The van der Waals surface area contributed by atoms with Gasteiger partial charge in [0.1, 0.15) is 52.9 Å². The number of nitrogens with zero attached hydrogens (tertiary/aromatic N) is 15. The number of Topliss-reactive ketones (excluding diaryl/α,β-unsaturated/α-hetero) is 1. The Balaban J connectivity index is 0.000000122. The molecule has 0 saturated carbocycles. The number of likely N-dealkylation sites (N-methyl/N-ethyl adjacent to an activating group) is 2. The SMILES string of the molecule is CC(CN)Cc1ccc(Cc2nc3cccc(-c4ccc5c(c4)OCCO5)n3n2)cc1.CCN(CC)CC(=O)Cc1ccc(Cc2nc3cccc(-c4ccc5c(c4)OCCO5)n3n2)cc1.CCN(CC)CC(=O)Nc1cccc(Cc2nc3cccc(-c4ccc5c(c4)OCCO5)n3n2)c1.O=C(CN1CCCCC1)Nc1cccc(Cc2nc3cccc(-c4ccc5c(c4)OCCO5)n3n2)c1. The number of nitrogens with two attached hydrogens (primary N) is 1. The van der Waals surface area contributed by atoms with E-state index in [0.29, 0.717) is 123 Å². The lowest BCUT2D eigenvalue weighted by Gasteiger charge is -2.25. The van der Waals surface area contributed by atoms with Crippen molar-refractivity contribution in [3.8, 4) is 91.0 Å². The van der Waals surface area contributed by atoms with E-state index >= 15 is 0 Å². The summed E-state index contributed by atoms with van der Waals surface area (Å²) in [5, 5.41) is 25.2. The van der Waals surface area contributed by atoms with Crippen LogP contribution in [0.4, 0.5) is 11.4 Å². The molecule has 5 aliphatic rings. The number of ketones is 1. The first-order valence-electron chi connectivity index (χ1n) is 47.5. The topological polar surface area (TPSA) is 306 Å². The van der Waals surface area contributed by atoms with Gasteiger partial charge in [-0.25, -0.2) is 38.0 Å². The molecule has 2 amide bonds. The van der Waals surface area contributed by atoms with Gasteiger partial charge in [-0.05, 0) is 250 Å². The molecular weight excluding hydrogens is 1730 g/mol. The second-order valence-corrected chi connectivity index (χ2v) is 34.6. The first kappa shape index (κ1) is 92.5. The van der Waals surface area contributed by atoms with Crippen molar-refractivity contribution < 1.29 is 52.3 Å². The van der Waals surface area contributed by atoms with E-state index in [9.17, 15) is 14.4 Å². The summed E-state index contributed by atoms with van der Waals surface area (Å²) in [6.07, 6.45) is 7.50. The fourth-order valence-electron chi connectivity index (χ4n) is 17.4. The number of likely N-dealkylation sites (tertiary alicyclic amines) is 1. The third-order valence-electron chi connectivity index (χ3n) is 24.6. The monoisotopic (exact) mass is 1840 g/mol. The zero-order valence-corrected chi connectivity index (χ0v) is 78.0. The zero-order chi connectivity index (χ0) is 93.9. The number of carbonyl (C=O) groups is 3. The van der Waals surface area contributed by atoms with Crippen LogP contribution in [-0.2, 0) is 52.9 Å². The van der Waals surface area contributed by atoms with Crippen LogP contribution in [-0.4, -0.2) is 209 Å². The maximum atomic E-state index is 12.5. The van der Waals surface area contributed by atoms with Crippen LogP contribution >= 0.6 is 0 Å². The highest BCUT2D eigenvalue weighted by atomic mass is 16.6. The van der Waals surface area contributed by atoms with E-state index in [1.165, 1.54) is 30.4 Å². The van der Waals surface area contributed by atoms with E-state index in [1.54, 1.807) is 0 Å². The number of nitrogens with one attached hydrogen (secondary N) is 2. The molecule has 5 aliphatic heterocycles. The molecular formula is C108H114N18O11. The van der Waals surface area contributed by atoms with Gasteiger partial charge in [-0.3, -0.25) is 29.1 Å². The third kappa shape index (κ3) is 23.4. The summed E-state index contributed by atoms with van der Waals surface area (Å²) >= 11 is 0. The molecule has 21 rings (SSSR count). The van der Waals surface area contributed by atoms with Crippen molar-refractivity contribution in [3.05, 3.63) is 299 Å². The first-order chi connectivity index (χ1) is 67.1. The van der Waals surface area contributed by atoms with Gasteiger partial charge in [0.25, 0.3) is 0 Å². The van der Waals surface area contributed by atoms with E-state index in [1.807, 2.05) is 224 Å². The Morgan fingerprint density at radius 3 is 1.03 bits per heavy atom. The molecule has 0 bridgehead atoms. The lowest BCUT2D eigenvalue weighted by molar-refractivity contribution is -0.119. The molecule has 29 nitrogen and oxygen atoms in total. The molecule has 13 heterocycles. The molecule has 29 heteroatoms. The average Bonchev–Trinajstić information content (AvgIpc) is 1.69. The van der Waals surface area contributed by atoms with Gasteiger partial charge in [-0.15, -0.1) is 0 Å². The van der Waals surface area contributed by atoms with Gasteiger partial charge in [0.05, 0.1) is 42.4 Å². The third-order valence-corrected chi connectivity index (χ3v) is 24.6. The van der Waals surface area contributed by atoms with Crippen LogP contribution in [0.1, 0.15) is 111 Å². The molecule has 137 heavy (non-hydrogen) atoms. The van der Waals surface area contributed by atoms with Crippen LogP contribution in [0.5, 0.6) is 46.0 Å². The van der Waals surface area contributed by atoms with Gasteiger partial charge < -0.3 is 54.3 Å². The van der Waals surface area contributed by atoms with Gasteiger partial charge in [-0.1, -0.05) is 138 Å². The Bertz CT molecular complexity index is 6900. The predicted molar refractivity (Wildman–Crippen MR) is 528 cm³/mol. The van der Waals surface area contributed by atoms with Crippen LogP contribution in [0, 0.1) is 5.92 Å². The number of hydrogen-bond acceptors (Lipinski definition) is 23. The largest absolute Gasteiger partial charge is 0.486 e. The highest BCUT2D eigenvalue weighted by Crippen LogP contribution is 2.40. The minimum atomic E-state index is -0.0132. The second-order valence-electron chi connectivity index (χ2n) is 34.6. The standard InChI is InChI=1S/C28H29N5O3.C28H30N4O3.C27H29N5O3.C25H26N4O2/c34-28(19-32-12-2-1-3-13-32)29-22-7-4-6-20(16-22)17-26-30-27-9-5-8-23(33(27)31-26)21-10-11-24-25(18-21)36-15-14-35-24;1-3-31(4-2)19-23(33)16-20-8-10-21(11-9-20)17-27-29-28-7-5-6-24(32(28)30-27)22-12-13-25-26(18-22)35-15-14-34-25;1-3-31(4-2)18-27(33)28-21-8-5-7-19(15-21)16-25-29-26-10-6-9-22(32(26)30-25)20-11-12-23-24(17-20)35-14-13-34-23;1-17(16-26)13-18-5-7-19(8-6-18)14-24-27-25-4-2-3-21(29(25)28-24)20-9-10-22-23(15-20)31-12-11-30-22/h4-11,16,18H,1-3,12-15,17,19H2,(H,29,34);5-13,18H,3-4,14-17,19H2,1-2H3;5-12,15,17H,3-4,13-14,16,18H2,1-2H3,(H,28,33);2-10,15,17H,11-14,16,26H2,1H3. The molecule has 0 radical (unpaired) electrons. The average molecular weight is 1840 g/mol. The molecule has 0 aliphatic carbocycles. The summed E-state index contributed by atoms with van der Waals surface area (Å²) in [4.78, 5) is 62.7. The number of hydrogen-bond donors (Lipinski definition) is 3. The smallest absolute Gasteiger partial charge is 0.238 e. The maximum Gasteiger partial charge on any atom is 0.238 e. The lowest BCUT2D eigenvalue weighted by atomic mass is 10.00. The first-order valence-corrected chi connectivity index (χ1v) is 47.5. The Labute approximate surface area is 795 Å². The highest BCUT2D eigenvalue weighted by Gasteiger charge is 2.24. The van der Waals surface area contributed by atoms with Crippen LogP contribution in [0.2, 0.25) is 0 Å². The number of pyridine rings is 4. The zero-order valence-electron chi connectivity index (χ0n) is 78.0. The number of anilines is 2. The molecule has 1 fully saturated rings. The number of carbonyl (C=O) groups excluding carboxylic acids is 3. The Kier molecular flexibility index (Phi) is 29.8. The molecule has 4 N–H and O–H groups in total. The Morgan fingerprint density at radius 1 is 0.350 bits per heavy atom. The number of rotatable bonds is 29.